The van der Waals surface area contributed by atoms with Crippen molar-refractivity contribution in [1.82, 2.24) is 5.32 Å². The fraction of sp³-hybridized carbons (Fsp3) is 0.276. The number of alkyl halides is 3. The summed E-state index contributed by atoms with van der Waals surface area (Å²) in [6.45, 7) is 1.36. The van der Waals surface area contributed by atoms with Crippen molar-refractivity contribution in [3.8, 4) is 6.07 Å². The molecule has 0 aliphatic carbocycles. The number of hydrogen-bond donors (Lipinski definition) is 1. The van der Waals surface area contributed by atoms with Gasteiger partial charge in [0.15, 0.2) is 11.0 Å². The van der Waals surface area contributed by atoms with E-state index in [9.17, 15) is 28.0 Å². The average Bonchev–Trinajstić information content (AvgIpc) is 3.37. The summed E-state index contributed by atoms with van der Waals surface area (Å²) in [5.41, 5.74) is -3.63. The summed E-state index contributed by atoms with van der Waals surface area (Å²) in [6.07, 6.45) is -4.90. The molecule has 1 saturated heterocycles. The Kier molecular flexibility index (Phi) is 6.24. The Hall–Kier alpha value is -4.16. The summed E-state index contributed by atoms with van der Waals surface area (Å²) in [4.78, 5) is 29.6. The number of hydrogen-bond acceptors (Lipinski definition) is 5. The molecule has 0 radical (unpaired) electrons. The maximum Gasteiger partial charge on any atom is 0.404 e. The van der Waals surface area contributed by atoms with E-state index in [0.29, 0.717) is 5.69 Å². The average molecular weight is 520 g/mol. The van der Waals surface area contributed by atoms with Gasteiger partial charge in [-0.05, 0) is 24.1 Å². The molecule has 6 nitrogen and oxygen atoms in total. The van der Waals surface area contributed by atoms with Crippen LogP contribution < -0.4 is 10.2 Å². The molecule has 0 bridgehead atoms. The highest BCUT2D eigenvalue weighted by molar-refractivity contribution is 6.12. The van der Waals surface area contributed by atoms with Crippen molar-refractivity contribution < 1.29 is 27.5 Å². The summed E-state index contributed by atoms with van der Waals surface area (Å²) >= 11 is 0. The SMILES string of the molecule is CCOC(=O)[C@@]1(C#N)[C@H](c2ccccc2)[C@@H](C(F)(F)F)NC12C(=O)N(Cc1ccccc1)c1ccccc12. The Labute approximate surface area is 217 Å². The Morgan fingerprint density at radius 3 is 2.24 bits per heavy atom. The summed E-state index contributed by atoms with van der Waals surface area (Å²) in [6, 6.07) is 22.4. The van der Waals surface area contributed by atoms with Gasteiger partial charge in [-0.15, -0.1) is 0 Å². The summed E-state index contributed by atoms with van der Waals surface area (Å²) in [5.74, 6) is -3.76. The molecular formula is C29H24F3N3O3. The molecule has 1 amide bonds. The van der Waals surface area contributed by atoms with Crippen molar-refractivity contribution in [3.63, 3.8) is 0 Å². The van der Waals surface area contributed by atoms with Crippen molar-refractivity contribution in [1.29, 1.82) is 5.26 Å². The van der Waals surface area contributed by atoms with Crippen molar-refractivity contribution in [3.05, 3.63) is 102 Å². The number of anilines is 1. The van der Waals surface area contributed by atoms with Gasteiger partial charge in [0.25, 0.3) is 5.91 Å². The second-order valence-electron chi connectivity index (χ2n) is 9.34. The van der Waals surface area contributed by atoms with E-state index in [0.717, 1.165) is 5.56 Å². The lowest BCUT2D eigenvalue weighted by molar-refractivity contribution is -0.162. The van der Waals surface area contributed by atoms with Crippen LogP contribution in [0.15, 0.2) is 84.9 Å². The minimum Gasteiger partial charge on any atom is -0.465 e. The number of halogens is 3. The van der Waals surface area contributed by atoms with Crippen molar-refractivity contribution in [2.75, 3.05) is 11.5 Å². The van der Waals surface area contributed by atoms with E-state index < -0.39 is 41.0 Å². The van der Waals surface area contributed by atoms with Crippen LogP contribution in [0.5, 0.6) is 0 Å². The zero-order valence-corrected chi connectivity index (χ0v) is 20.4. The number of nitrogens with one attached hydrogen (secondary N) is 1. The van der Waals surface area contributed by atoms with Crippen LogP contribution in [0.3, 0.4) is 0 Å². The van der Waals surface area contributed by atoms with Gasteiger partial charge in [-0.2, -0.15) is 18.4 Å². The van der Waals surface area contributed by atoms with Crippen molar-refractivity contribution in [2.45, 2.75) is 37.1 Å². The van der Waals surface area contributed by atoms with Crippen LogP contribution in [0.25, 0.3) is 0 Å². The van der Waals surface area contributed by atoms with Crippen LogP contribution in [0.2, 0.25) is 0 Å². The Bertz CT molecular complexity index is 1410. The van der Waals surface area contributed by atoms with E-state index in [-0.39, 0.29) is 24.3 Å². The lowest BCUT2D eigenvalue weighted by Gasteiger charge is -2.38. The molecule has 0 aromatic heterocycles. The number of rotatable bonds is 5. The molecule has 5 rings (SSSR count). The van der Waals surface area contributed by atoms with Crippen LogP contribution in [-0.4, -0.2) is 30.7 Å². The molecule has 38 heavy (non-hydrogen) atoms. The summed E-state index contributed by atoms with van der Waals surface area (Å²) < 4.78 is 49.6. The van der Waals surface area contributed by atoms with E-state index >= 15 is 0 Å². The van der Waals surface area contributed by atoms with Gasteiger partial charge in [-0.25, -0.2) is 0 Å². The van der Waals surface area contributed by atoms with Gasteiger partial charge in [0.2, 0.25) is 0 Å². The Balaban J connectivity index is 1.82. The summed E-state index contributed by atoms with van der Waals surface area (Å²) in [7, 11) is 0. The zero-order chi connectivity index (χ0) is 27.1. The maximum atomic E-state index is 14.8. The summed E-state index contributed by atoms with van der Waals surface area (Å²) in [5, 5.41) is 13.3. The number of benzene rings is 3. The molecule has 0 saturated carbocycles. The smallest absolute Gasteiger partial charge is 0.404 e. The molecule has 9 heteroatoms. The molecular weight excluding hydrogens is 495 g/mol. The molecule has 3 aromatic carbocycles. The zero-order valence-electron chi connectivity index (χ0n) is 20.4. The number of ether oxygens (including phenoxy) is 1. The fourth-order valence-electron chi connectivity index (χ4n) is 5.91. The lowest BCUT2D eigenvalue weighted by atomic mass is 9.61. The molecule has 1 fully saturated rings. The third kappa shape index (κ3) is 3.51. The number of carbonyl (C=O) groups excluding carboxylic acids is 2. The van der Waals surface area contributed by atoms with Gasteiger partial charge in [0.1, 0.15) is 6.04 Å². The van der Waals surface area contributed by atoms with Gasteiger partial charge < -0.3 is 9.64 Å². The lowest BCUT2D eigenvalue weighted by Crippen LogP contribution is -2.60. The minimum absolute atomic E-state index is 0.0388. The number of fused-ring (bicyclic) bond motifs is 2. The maximum absolute atomic E-state index is 14.8. The first kappa shape index (κ1) is 25.5. The first-order valence-corrected chi connectivity index (χ1v) is 12.2. The van der Waals surface area contributed by atoms with Crippen LogP contribution in [-0.2, 0) is 26.4 Å². The quantitative estimate of drug-likeness (QED) is 0.489. The molecule has 194 valence electrons. The first-order chi connectivity index (χ1) is 18.2. The highest BCUT2D eigenvalue weighted by atomic mass is 19.4. The largest absolute Gasteiger partial charge is 0.465 e. The normalized spacial score (nSPS) is 26.3. The second-order valence-corrected chi connectivity index (χ2v) is 9.34. The van der Waals surface area contributed by atoms with Gasteiger partial charge in [0, 0.05) is 17.2 Å². The van der Waals surface area contributed by atoms with Gasteiger partial charge >= 0.3 is 12.1 Å². The van der Waals surface area contributed by atoms with Crippen LogP contribution >= 0.6 is 0 Å². The number of carbonyl (C=O) groups is 2. The highest BCUT2D eigenvalue weighted by Crippen LogP contribution is 2.63. The molecule has 2 aliphatic rings. The first-order valence-electron chi connectivity index (χ1n) is 12.2. The van der Waals surface area contributed by atoms with Gasteiger partial charge in [-0.3, -0.25) is 14.9 Å². The second kappa shape index (κ2) is 9.30. The number of nitriles is 1. The van der Waals surface area contributed by atoms with E-state index in [1.54, 1.807) is 48.5 Å². The van der Waals surface area contributed by atoms with E-state index in [1.165, 1.54) is 42.2 Å². The molecule has 1 N–H and O–H groups in total. The number of para-hydroxylation sites is 1. The minimum atomic E-state index is -4.90. The monoisotopic (exact) mass is 519 g/mol. The van der Waals surface area contributed by atoms with E-state index in [1.807, 2.05) is 12.1 Å². The third-order valence-electron chi connectivity index (χ3n) is 7.40. The molecule has 2 heterocycles. The van der Waals surface area contributed by atoms with E-state index in [2.05, 4.69) is 5.32 Å². The Morgan fingerprint density at radius 2 is 1.63 bits per heavy atom. The fourth-order valence-corrected chi connectivity index (χ4v) is 5.91. The number of amides is 1. The van der Waals surface area contributed by atoms with Crippen molar-refractivity contribution >= 4 is 17.6 Å². The molecule has 3 aromatic rings. The standard InChI is InChI=1S/C29H24F3N3O3/c1-2-38-26(37)27(18-33)23(20-13-7-4-8-14-20)24(29(30,31)32)34-28(27)21-15-9-10-16-22(21)35(25(28)36)17-19-11-5-3-6-12-19/h3-16,23-24,34H,2,17H2,1H3/t23-,24+,27-,28?/m1/s1. The van der Waals surface area contributed by atoms with E-state index in [4.69, 9.17) is 4.74 Å². The predicted molar refractivity (Wildman–Crippen MR) is 133 cm³/mol. The number of nitrogens with zero attached hydrogens (tertiary/aromatic N) is 2. The highest BCUT2D eigenvalue weighted by Gasteiger charge is 2.79. The molecule has 4 atom stereocenters. The topological polar surface area (TPSA) is 82.4 Å². The van der Waals surface area contributed by atoms with Crippen LogP contribution in [0.4, 0.5) is 18.9 Å². The number of esters is 1. The third-order valence-corrected chi connectivity index (χ3v) is 7.40. The Morgan fingerprint density at radius 1 is 1.03 bits per heavy atom. The van der Waals surface area contributed by atoms with Crippen LogP contribution in [0, 0.1) is 16.7 Å². The molecule has 1 unspecified atom stereocenters. The van der Waals surface area contributed by atoms with Gasteiger partial charge in [0.05, 0.1) is 19.2 Å². The predicted octanol–water partition coefficient (Wildman–Crippen LogP) is 4.82. The van der Waals surface area contributed by atoms with Gasteiger partial charge in [-0.1, -0.05) is 78.9 Å². The molecule has 1 spiro atoms. The van der Waals surface area contributed by atoms with Crippen LogP contribution in [0.1, 0.15) is 29.5 Å². The molecule has 2 aliphatic heterocycles. The van der Waals surface area contributed by atoms with Crippen molar-refractivity contribution in [2.24, 2.45) is 5.41 Å².